The maximum absolute atomic E-state index is 13.1. The van der Waals surface area contributed by atoms with Crippen LogP contribution in [0.1, 0.15) is 38.3 Å². The Morgan fingerprint density at radius 3 is 2.66 bits per heavy atom. The smallest absolute Gasteiger partial charge is 0.322 e. The number of methoxy groups -OCH3 is 2. The molecule has 0 aromatic heterocycles. The number of hydrogen-bond donors (Lipinski definition) is 1. The lowest BCUT2D eigenvalue weighted by Gasteiger charge is -2.27. The van der Waals surface area contributed by atoms with Gasteiger partial charge in [-0.15, -0.1) is 0 Å². The Kier molecular flexibility index (Phi) is 6.86. The van der Waals surface area contributed by atoms with Crippen molar-refractivity contribution >= 4 is 11.7 Å². The molecule has 1 fully saturated rings. The first-order valence-electron chi connectivity index (χ1n) is 10.0. The van der Waals surface area contributed by atoms with Crippen LogP contribution in [0.25, 0.3) is 0 Å². The minimum absolute atomic E-state index is 0.0420. The predicted octanol–water partition coefficient (Wildman–Crippen LogP) is 5.11. The molecule has 156 valence electrons. The van der Waals surface area contributed by atoms with E-state index in [0.717, 1.165) is 29.9 Å². The van der Waals surface area contributed by atoms with Gasteiger partial charge in [-0.3, -0.25) is 0 Å². The van der Waals surface area contributed by atoms with E-state index in [0.29, 0.717) is 30.5 Å². The predicted molar refractivity (Wildman–Crippen MR) is 114 cm³/mol. The fourth-order valence-corrected chi connectivity index (χ4v) is 3.57. The van der Waals surface area contributed by atoms with Crippen molar-refractivity contribution in [3.63, 3.8) is 0 Å². The van der Waals surface area contributed by atoms with Crippen molar-refractivity contribution in [1.29, 1.82) is 0 Å². The minimum Gasteiger partial charge on any atom is -0.497 e. The van der Waals surface area contributed by atoms with Crippen molar-refractivity contribution < 1.29 is 19.0 Å². The van der Waals surface area contributed by atoms with E-state index in [1.54, 1.807) is 14.2 Å². The molecule has 6 heteroatoms. The highest BCUT2D eigenvalue weighted by atomic mass is 16.5. The van der Waals surface area contributed by atoms with Crippen LogP contribution in [0.3, 0.4) is 0 Å². The fourth-order valence-electron chi connectivity index (χ4n) is 3.57. The van der Waals surface area contributed by atoms with Crippen LogP contribution in [0.15, 0.2) is 42.5 Å². The van der Waals surface area contributed by atoms with Gasteiger partial charge in [-0.25, -0.2) is 4.79 Å². The first-order valence-corrected chi connectivity index (χ1v) is 10.0. The lowest BCUT2D eigenvalue weighted by Crippen LogP contribution is -2.34. The largest absolute Gasteiger partial charge is 0.497 e. The Bertz CT molecular complexity index is 837. The topological polar surface area (TPSA) is 60.0 Å². The molecule has 1 heterocycles. The maximum atomic E-state index is 13.1. The second-order valence-corrected chi connectivity index (χ2v) is 7.59. The average molecular weight is 399 g/mol. The molecule has 2 aromatic rings. The molecule has 0 spiro atoms. The lowest BCUT2D eigenvalue weighted by molar-refractivity contribution is 0.205. The van der Waals surface area contributed by atoms with E-state index in [1.165, 1.54) is 0 Å². The number of nitrogens with zero attached hydrogens (tertiary/aromatic N) is 1. The molecule has 1 aliphatic heterocycles. The van der Waals surface area contributed by atoms with Gasteiger partial charge in [-0.05, 0) is 43.0 Å². The van der Waals surface area contributed by atoms with Crippen LogP contribution in [0.5, 0.6) is 17.2 Å². The summed E-state index contributed by atoms with van der Waals surface area (Å²) >= 11 is 0. The molecule has 0 aliphatic carbocycles. The molecule has 3 rings (SSSR count). The number of nitrogens with one attached hydrogen (secondary N) is 1. The molecule has 0 bridgehead atoms. The summed E-state index contributed by atoms with van der Waals surface area (Å²) in [6.45, 7) is 5.49. The zero-order valence-electron chi connectivity index (χ0n) is 17.6. The van der Waals surface area contributed by atoms with Crippen LogP contribution in [-0.4, -0.2) is 38.3 Å². The van der Waals surface area contributed by atoms with Crippen molar-refractivity contribution in [1.82, 2.24) is 4.90 Å². The number of benzene rings is 2. The van der Waals surface area contributed by atoms with Gasteiger partial charge < -0.3 is 24.4 Å². The number of likely N-dealkylation sites (tertiary alicyclic amines) is 1. The maximum Gasteiger partial charge on any atom is 0.322 e. The first kappa shape index (κ1) is 20.8. The SMILES string of the molecule is COc1ccc(C2CCCN2C(=O)Nc2ccccc2OCC(C)C)c(OC)c1. The molecule has 0 radical (unpaired) electrons. The van der Waals surface area contributed by atoms with Crippen molar-refractivity contribution in [2.75, 3.05) is 32.7 Å². The molecule has 2 amide bonds. The van der Waals surface area contributed by atoms with E-state index < -0.39 is 0 Å². The minimum atomic E-state index is -0.133. The molecule has 0 saturated carbocycles. The normalized spacial score (nSPS) is 16.0. The van der Waals surface area contributed by atoms with E-state index in [-0.39, 0.29) is 12.1 Å². The number of hydrogen-bond acceptors (Lipinski definition) is 4. The molecular weight excluding hydrogens is 368 g/mol. The van der Waals surface area contributed by atoms with Crippen molar-refractivity contribution in [2.24, 2.45) is 5.92 Å². The third-order valence-electron chi connectivity index (χ3n) is 5.01. The molecule has 2 aromatic carbocycles. The number of para-hydroxylation sites is 2. The Labute approximate surface area is 172 Å². The highest BCUT2D eigenvalue weighted by Crippen LogP contribution is 2.39. The van der Waals surface area contributed by atoms with Gasteiger partial charge in [0.25, 0.3) is 0 Å². The van der Waals surface area contributed by atoms with Gasteiger partial charge in [0.15, 0.2) is 0 Å². The zero-order chi connectivity index (χ0) is 20.8. The number of ether oxygens (including phenoxy) is 3. The van der Waals surface area contributed by atoms with Gasteiger partial charge in [-0.1, -0.05) is 26.0 Å². The number of rotatable bonds is 7. The summed E-state index contributed by atoms with van der Waals surface area (Å²) < 4.78 is 16.7. The molecule has 6 nitrogen and oxygen atoms in total. The summed E-state index contributed by atoms with van der Waals surface area (Å²) in [6, 6.07) is 13.1. The van der Waals surface area contributed by atoms with Gasteiger partial charge in [-0.2, -0.15) is 0 Å². The molecule has 1 N–H and O–H groups in total. The zero-order valence-corrected chi connectivity index (χ0v) is 17.6. The Morgan fingerprint density at radius 2 is 1.93 bits per heavy atom. The summed E-state index contributed by atoms with van der Waals surface area (Å²) in [5, 5.41) is 3.03. The van der Waals surface area contributed by atoms with Crippen molar-refractivity contribution in [2.45, 2.75) is 32.7 Å². The van der Waals surface area contributed by atoms with Crippen LogP contribution in [-0.2, 0) is 0 Å². The molecule has 1 atom stereocenters. The second kappa shape index (κ2) is 9.54. The van der Waals surface area contributed by atoms with Gasteiger partial charge in [0.1, 0.15) is 17.2 Å². The molecule has 1 saturated heterocycles. The van der Waals surface area contributed by atoms with E-state index in [1.807, 2.05) is 47.4 Å². The average Bonchev–Trinajstić information content (AvgIpc) is 3.22. The van der Waals surface area contributed by atoms with E-state index in [9.17, 15) is 4.79 Å². The Balaban J connectivity index is 1.78. The van der Waals surface area contributed by atoms with Gasteiger partial charge in [0.2, 0.25) is 0 Å². The number of amides is 2. The van der Waals surface area contributed by atoms with E-state index >= 15 is 0 Å². The first-order chi connectivity index (χ1) is 14.0. The molecular formula is C23H30N2O4. The standard InChI is InChI=1S/C23H30N2O4/c1-16(2)15-29-21-10-6-5-8-19(21)24-23(26)25-13-7-9-20(25)18-12-11-17(27-3)14-22(18)28-4/h5-6,8,10-12,14,16,20H,7,9,13,15H2,1-4H3,(H,24,26). The summed E-state index contributed by atoms with van der Waals surface area (Å²) in [7, 11) is 3.27. The number of carbonyl (C=O) groups excluding carboxylic acids is 1. The second-order valence-electron chi connectivity index (χ2n) is 7.59. The van der Waals surface area contributed by atoms with Gasteiger partial charge >= 0.3 is 6.03 Å². The monoisotopic (exact) mass is 398 g/mol. The summed E-state index contributed by atoms with van der Waals surface area (Å²) in [5.74, 6) is 2.56. The number of carbonyl (C=O) groups is 1. The van der Waals surface area contributed by atoms with Gasteiger partial charge in [0.05, 0.1) is 32.6 Å². The molecule has 29 heavy (non-hydrogen) atoms. The van der Waals surface area contributed by atoms with Crippen LogP contribution in [0.4, 0.5) is 10.5 Å². The van der Waals surface area contributed by atoms with Crippen LogP contribution in [0, 0.1) is 5.92 Å². The molecule has 1 aliphatic rings. The summed E-state index contributed by atoms with van der Waals surface area (Å²) in [5.41, 5.74) is 1.68. The number of anilines is 1. The third kappa shape index (κ3) is 4.94. The van der Waals surface area contributed by atoms with E-state index in [4.69, 9.17) is 14.2 Å². The van der Waals surface area contributed by atoms with Crippen LogP contribution >= 0.6 is 0 Å². The van der Waals surface area contributed by atoms with E-state index in [2.05, 4.69) is 19.2 Å². The Hall–Kier alpha value is -2.89. The molecule has 1 unspecified atom stereocenters. The third-order valence-corrected chi connectivity index (χ3v) is 5.01. The quantitative estimate of drug-likeness (QED) is 0.704. The lowest BCUT2D eigenvalue weighted by atomic mass is 10.0. The number of urea groups is 1. The summed E-state index contributed by atoms with van der Waals surface area (Å²) in [6.07, 6.45) is 1.83. The Morgan fingerprint density at radius 1 is 1.14 bits per heavy atom. The van der Waals surface area contributed by atoms with Gasteiger partial charge in [0, 0.05) is 18.2 Å². The van der Waals surface area contributed by atoms with Crippen molar-refractivity contribution in [3.05, 3.63) is 48.0 Å². The highest BCUT2D eigenvalue weighted by Gasteiger charge is 2.32. The van der Waals surface area contributed by atoms with Crippen LogP contribution < -0.4 is 19.5 Å². The van der Waals surface area contributed by atoms with Crippen molar-refractivity contribution in [3.8, 4) is 17.2 Å². The highest BCUT2D eigenvalue weighted by molar-refractivity contribution is 5.91. The van der Waals surface area contributed by atoms with Crippen LogP contribution in [0.2, 0.25) is 0 Å². The summed E-state index contributed by atoms with van der Waals surface area (Å²) in [4.78, 5) is 15.0. The fraction of sp³-hybridized carbons (Fsp3) is 0.435.